The van der Waals surface area contributed by atoms with E-state index in [1.54, 1.807) is 0 Å². The fraction of sp³-hybridized carbons (Fsp3) is 0.133. The topological polar surface area (TPSA) is 46.3 Å². The molecule has 3 rings (SSSR count). The number of fused-ring (bicyclic) bond motifs is 1. The van der Waals surface area contributed by atoms with Gasteiger partial charge in [-0.2, -0.15) is 0 Å². The first-order valence-electron chi connectivity index (χ1n) is 6.90. The number of carbonyl (C=O) groups excluding carboxylic acids is 1. The normalized spacial score (nSPS) is 14.9. The third kappa shape index (κ3) is 2.17. The lowest BCUT2D eigenvalue weighted by molar-refractivity contribution is 0.1000. The first-order valence-corrected chi connectivity index (χ1v) is 5.90. The molecule has 4 heteroatoms. The average molecular weight is 258 g/mol. The molecule has 0 fully saturated rings. The summed E-state index contributed by atoms with van der Waals surface area (Å²) in [6, 6.07) is 8.11. The zero-order chi connectivity index (χ0) is 15.1. The van der Waals surface area contributed by atoms with Gasteiger partial charge in [-0.3, -0.25) is 4.79 Å². The third-order valence-electron chi connectivity index (χ3n) is 3.19. The Balaban J connectivity index is 2.07. The summed E-state index contributed by atoms with van der Waals surface area (Å²) in [7, 11) is 0. The standard InChI is InChI=1S/C15H13FN2O/c16-13-5-12(15(17)19)6-14(7-13)18-8-10-3-1-2-4-11(10)9-18/h1-7H,8-9H2,(H2,17,19)/i5D,6D. The molecule has 96 valence electrons. The molecule has 0 atom stereocenters. The minimum absolute atomic E-state index is 0.193. The van der Waals surface area contributed by atoms with E-state index in [4.69, 9.17) is 8.48 Å². The number of anilines is 1. The molecule has 0 saturated carbocycles. The second kappa shape index (κ2) is 4.39. The van der Waals surface area contributed by atoms with Crippen molar-refractivity contribution in [1.82, 2.24) is 0 Å². The second-order valence-electron chi connectivity index (χ2n) is 4.49. The van der Waals surface area contributed by atoms with Gasteiger partial charge in [-0.25, -0.2) is 4.39 Å². The number of nitrogens with zero attached hydrogens (tertiary/aromatic N) is 1. The molecule has 0 radical (unpaired) electrons. The van der Waals surface area contributed by atoms with Crippen LogP contribution in [0.3, 0.4) is 0 Å². The number of rotatable bonds is 2. The van der Waals surface area contributed by atoms with Crippen LogP contribution in [0.5, 0.6) is 0 Å². The smallest absolute Gasteiger partial charge is 0.248 e. The lowest BCUT2D eigenvalue weighted by atomic mass is 10.1. The Labute approximate surface area is 113 Å². The second-order valence-corrected chi connectivity index (χ2v) is 4.49. The van der Waals surface area contributed by atoms with Gasteiger partial charge in [0.05, 0.1) is 2.74 Å². The van der Waals surface area contributed by atoms with E-state index >= 15 is 0 Å². The van der Waals surface area contributed by atoms with Crippen molar-refractivity contribution in [2.75, 3.05) is 4.90 Å². The maximum atomic E-state index is 13.9. The maximum Gasteiger partial charge on any atom is 0.248 e. The molecule has 3 nitrogen and oxygen atoms in total. The van der Waals surface area contributed by atoms with Crippen LogP contribution in [0.25, 0.3) is 0 Å². The number of nitrogens with two attached hydrogens (primary N) is 1. The Morgan fingerprint density at radius 1 is 1.26 bits per heavy atom. The molecule has 0 saturated heterocycles. The molecule has 0 spiro atoms. The van der Waals surface area contributed by atoms with Crippen LogP contribution in [0.1, 0.15) is 24.2 Å². The Kier molecular flexibility index (Phi) is 2.21. The van der Waals surface area contributed by atoms with Crippen molar-refractivity contribution in [3.63, 3.8) is 0 Å². The van der Waals surface area contributed by atoms with Crippen LogP contribution in [0.15, 0.2) is 42.4 Å². The number of amides is 1. The molecule has 1 aliphatic heterocycles. The molecule has 1 aliphatic rings. The lowest BCUT2D eigenvalue weighted by Gasteiger charge is -2.18. The number of halogens is 1. The number of hydrogen-bond acceptors (Lipinski definition) is 2. The monoisotopic (exact) mass is 258 g/mol. The Morgan fingerprint density at radius 2 is 1.89 bits per heavy atom. The van der Waals surface area contributed by atoms with Crippen LogP contribution in [0.4, 0.5) is 10.1 Å². The zero-order valence-corrected chi connectivity index (χ0v) is 10.1. The van der Waals surface area contributed by atoms with E-state index in [1.165, 1.54) is 0 Å². The maximum absolute atomic E-state index is 13.9. The fourth-order valence-electron chi connectivity index (χ4n) is 2.27. The molecule has 0 aliphatic carbocycles. The Hall–Kier alpha value is -2.36. The Bertz CT molecular complexity index is 724. The third-order valence-corrected chi connectivity index (χ3v) is 3.19. The molecule has 0 bridgehead atoms. The van der Waals surface area contributed by atoms with E-state index in [9.17, 15) is 9.18 Å². The predicted molar refractivity (Wildman–Crippen MR) is 71.2 cm³/mol. The number of carbonyl (C=O) groups is 1. The molecule has 2 aromatic carbocycles. The van der Waals surface area contributed by atoms with Crippen LogP contribution < -0.4 is 10.6 Å². The van der Waals surface area contributed by atoms with Crippen molar-refractivity contribution in [3.8, 4) is 0 Å². The first-order chi connectivity index (χ1) is 9.99. The van der Waals surface area contributed by atoms with Gasteiger partial charge in [-0.05, 0) is 29.3 Å². The van der Waals surface area contributed by atoms with Gasteiger partial charge < -0.3 is 10.6 Å². The van der Waals surface area contributed by atoms with Gasteiger partial charge >= 0.3 is 0 Å². The summed E-state index contributed by atoms with van der Waals surface area (Å²) in [5.41, 5.74) is 7.29. The fourth-order valence-corrected chi connectivity index (χ4v) is 2.27. The van der Waals surface area contributed by atoms with Gasteiger partial charge in [0.2, 0.25) is 5.91 Å². The highest BCUT2D eigenvalue weighted by Crippen LogP contribution is 2.29. The summed E-state index contributed by atoms with van der Waals surface area (Å²) in [5.74, 6) is -1.80. The van der Waals surface area contributed by atoms with Crippen molar-refractivity contribution in [3.05, 3.63) is 64.9 Å². The van der Waals surface area contributed by atoms with Crippen LogP contribution >= 0.6 is 0 Å². The van der Waals surface area contributed by atoms with Crippen molar-refractivity contribution < 1.29 is 11.9 Å². The van der Waals surface area contributed by atoms with Gasteiger partial charge in [-0.1, -0.05) is 24.3 Å². The molecule has 2 aromatic rings. The van der Waals surface area contributed by atoms with Crippen molar-refractivity contribution in [1.29, 1.82) is 0 Å². The molecule has 19 heavy (non-hydrogen) atoms. The van der Waals surface area contributed by atoms with Crippen LogP contribution in [0, 0.1) is 5.82 Å². The molecular formula is C15H13FN2O. The Morgan fingerprint density at radius 3 is 2.47 bits per heavy atom. The van der Waals surface area contributed by atoms with Crippen molar-refractivity contribution in [2.24, 2.45) is 5.73 Å². The van der Waals surface area contributed by atoms with Gasteiger partial charge in [0, 0.05) is 24.3 Å². The zero-order valence-electron chi connectivity index (χ0n) is 12.1. The summed E-state index contributed by atoms with van der Waals surface area (Å²) in [5, 5.41) is 0. The summed E-state index contributed by atoms with van der Waals surface area (Å²) in [4.78, 5) is 13.2. The van der Waals surface area contributed by atoms with Gasteiger partial charge in [0.15, 0.2) is 0 Å². The minimum atomic E-state index is -0.956. The van der Waals surface area contributed by atoms with E-state index in [1.807, 2.05) is 29.2 Å². The van der Waals surface area contributed by atoms with Crippen molar-refractivity contribution in [2.45, 2.75) is 13.1 Å². The largest absolute Gasteiger partial charge is 0.366 e. The summed E-state index contributed by atoms with van der Waals surface area (Å²) in [6.45, 7) is 1.08. The molecule has 0 unspecified atom stereocenters. The van der Waals surface area contributed by atoms with Crippen LogP contribution in [-0.2, 0) is 13.1 Å². The van der Waals surface area contributed by atoms with E-state index in [0.29, 0.717) is 13.1 Å². The lowest BCUT2D eigenvalue weighted by Crippen LogP contribution is -2.17. The highest BCUT2D eigenvalue weighted by molar-refractivity contribution is 5.93. The molecule has 2 N–H and O–H groups in total. The van der Waals surface area contributed by atoms with E-state index < -0.39 is 17.8 Å². The van der Waals surface area contributed by atoms with E-state index in [-0.39, 0.29) is 17.3 Å². The minimum Gasteiger partial charge on any atom is -0.366 e. The molecular weight excluding hydrogens is 243 g/mol. The summed E-state index contributed by atoms with van der Waals surface area (Å²) >= 11 is 0. The van der Waals surface area contributed by atoms with Gasteiger partial charge in [0.25, 0.3) is 0 Å². The van der Waals surface area contributed by atoms with Crippen LogP contribution in [0.2, 0.25) is 0 Å². The molecule has 0 aromatic heterocycles. The summed E-state index contributed by atoms with van der Waals surface area (Å²) < 4.78 is 29.5. The number of hydrogen-bond donors (Lipinski definition) is 1. The predicted octanol–water partition coefficient (Wildman–Crippen LogP) is 2.44. The quantitative estimate of drug-likeness (QED) is 0.899. The highest BCUT2D eigenvalue weighted by Gasteiger charge is 2.19. The molecule has 1 heterocycles. The highest BCUT2D eigenvalue weighted by atomic mass is 19.1. The van der Waals surface area contributed by atoms with Gasteiger partial charge in [0.1, 0.15) is 5.82 Å². The SMILES string of the molecule is [2H]c1c(F)cc(N2Cc3ccccc3C2)c([2H])c1C(N)=O. The van der Waals surface area contributed by atoms with E-state index in [0.717, 1.165) is 17.2 Å². The first kappa shape index (κ1) is 9.55. The average Bonchev–Trinajstić information content (AvgIpc) is 2.86. The van der Waals surface area contributed by atoms with E-state index in [2.05, 4.69) is 0 Å². The van der Waals surface area contributed by atoms with Crippen molar-refractivity contribution >= 4 is 11.6 Å². The number of benzene rings is 2. The van der Waals surface area contributed by atoms with Crippen LogP contribution in [-0.4, -0.2) is 5.91 Å². The summed E-state index contributed by atoms with van der Waals surface area (Å²) in [6.07, 6.45) is 0. The number of primary amides is 1. The molecule has 1 amide bonds. The van der Waals surface area contributed by atoms with Gasteiger partial charge in [-0.15, -0.1) is 0 Å².